The summed E-state index contributed by atoms with van der Waals surface area (Å²) in [5, 5.41) is 2.46. The number of aromatic nitrogens is 1. The average molecular weight is 602 g/mol. The third-order valence-electron chi connectivity index (χ3n) is 5.41. The van der Waals surface area contributed by atoms with Crippen molar-refractivity contribution in [2.75, 3.05) is 32.2 Å². The van der Waals surface area contributed by atoms with Gasteiger partial charge in [0.15, 0.2) is 18.2 Å². The topological polar surface area (TPSA) is 97.8 Å². The van der Waals surface area contributed by atoms with Gasteiger partial charge in [-0.1, -0.05) is 29.3 Å². The minimum absolute atomic E-state index is 0.00153. The Morgan fingerprint density at radius 3 is 2.45 bits per heavy atom. The monoisotopic (exact) mass is 601 g/mol. The first-order valence-corrected chi connectivity index (χ1v) is 12.1. The zero-order chi connectivity index (χ0) is 29.6. The van der Waals surface area contributed by atoms with Gasteiger partial charge in [-0.25, -0.2) is 9.37 Å². The van der Waals surface area contributed by atoms with Crippen LogP contribution in [-0.4, -0.2) is 56.3 Å². The van der Waals surface area contributed by atoms with Gasteiger partial charge in [-0.15, -0.1) is 0 Å². The number of nitrogens with zero attached hydrogens (tertiary/aromatic N) is 2. The number of carbonyl (C=O) groups is 3. The molecular formula is C26H21Cl2F4N3O5. The number of benzene rings is 2. The number of amides is 2. The summed E-state index contributed by atoms with van der Waals surface area (Å²) in [5.41, 5.74) is -0.00917. The molecule has 8 nitrogen and oxygen atoms in total. The highest BCUT2D eigenvalue weighted by Gasteiger charge is 2.31. The van der Waals surface area contributed by atoms with Crippen molar-refractivity contribution < 1.29 is 41.4 Å². The van der Waals surface area contributed by atoms with Gasteiger partial charge in [0.1, 0.15) is 5.82 Å². The number of esters is 1. The van der Waals surface area contributed by atoms with Crippen molar-refractivity contribution in [3.63, 3.8) is 0 Å². The number of hydrogen-bond acceptors (Lipinski definition) is 6. The van der Waals surface area contributed by atoms with Crippen molar-refractivity contribution in [2.24, 2.45) is 0 Å². The lowest BCUT2D eigenvalue weighted by molar-refractivity contribution is -0.153. The van der Waals surface area contributed by atoms with E-state index in [-0.39, 0.29) is 45.5 Å². The summed E-state index contributed by atoms with van der Waals surface area (Å²) in [6, 6.07) is 8.90. The van der Waals surface area contributed by atoms with Gasteiger partial charge in [0, 0.05) is 41.5 Å². The number of pyridine rings is 1. The predicted octanol–water partition coefficient (Wildman–Crippen LogP) is 5.71. The molecule has 1 N–H and O–H groups in total. The molecule has 0 radical (unpaired) electrons. The molecule has 2 aromatic carbocycles. The van der Waals surface area contributed by atoms with Gasteiger partial charge in [0.2, 0.25) is 0 Å². The molecule has 0 bridgehead atoms. The van der Waals surface area contributed by atoms with Crippen molar-refractivity contribution in [3.8, 4) is 16.9 Å². The van der Waals surface area contributed by atoms with E-state index < -0.39 is 47.7 Å². The van der Waals surface area contributed by atoms with E-state index in [1.54, 1.807) is 0 Å². The van der Waals surface area contributed by atoms with Gasteiger partial charge < -0.3 is 14.8 Å². The van der Waals surface area contributed by atoms with E-state index in [9.17, 15) is 31.9 Å². The number of alkyl halides is 3. The molecule has 1 aromatic heterocycles. The fraction of sp³-hybridized carbons (Fsp3) is 0.231. The largest absolute Gasteiger partial charge is 0.480 e. The van der Waals surface area contributed by atoms with Gasteiger partial charge in [-0.2, -0.15) is 13.2 Å². The summed E-state index contributed by atoms with van der Waals surface area (Å²) < 4.78 is 62.9. The van der Waals surface area contributed by atoms with E-state index in [1.807, 2.05) is 0 Å². The number of halogens is 6. The van der Waals surface area contributed by atoms with E-state index in [2.05, 4.69) is 15.0 Å². The van der Waals surface area contributed by atoms with Crippen LogP contribution in [0.15, 0.2) is 48.7 Å². The van der Waals surface area contributed by atoms with E-state index in [0.29, 0.717) is 0 Å². The van der Waals surface area contributed by atoms with Crippen LogP contribution in [-0.2, 0) is 9.53 Å². The Kier molecular flexibility index (Phi) is 9.93. The average Bonchev–Trinajstić information content (AvgIpc) is 2.90. The Balaban J connectivity index is 1.99. The van der Waals surface area contributed by atoms with Crippen molar-refractivity contribution in [1.82, 2.24) is 10.3 Å². The molecule has 14 heteroatoms. The Labute approximate surface area is 235 Å². The highest BCUT2D eigenvalue weighted by Crippen LogP contribution is 2.36. The lowest BCUT2D eigenvalue weighted by Gasteiger charge is -2.21. The van der Waals surface area contributed by atoms with E-state index in [1.165, 1.54) is 50.7 Å². The maximum atomic E-state index is 14.3. The number of anilines is 1. The van der Waals surface area contributed by atoms with E-state index >= 15 is 0 Å². The van der Waals surface area contributed by atoms with E-state index in [4.69, 9.17) is 27.9 Å². The van der Waals surface area contributed by atoms with Crippen LogP contribution in [0.4, 0.5) is 23.4 Å². The summed E-state index contributed by atoms with van der Waals surface area (Å²) in [6.07, 6.45) is -3.59. The van der Waals surface area contributed by atoms with Crippen LogP contribution in [0.1, 0.15) is 27.1 Å². The molecule has 1 heterocycles. The van der Waals surface area contributed by atoms with Crippen LogP contribution in [0.25, 0.3) is 11.1 Å². The number of methoxy groups -OCH3 is 1. The van der Waals surface area contributed by atoms with Gasteiger partial charge in [0.25, 0.3) is 11.8 Å². The Morgan fingerprint density at radius 1 is 1.07 bits per heavy atom. The molecule has 0 aliphatic rings. The SMILES string of the molecule is COC(=O)CCNC(=O)c1ccc(Cl)c(-c2cnc(N(C)C(=O)c3c(F)cccc3Cl)c(OCC(F)(F)F)c2)c1. The molecule has 0 aliphatic heterocycles. The zero-order valence-electron chi connectivity index (χ0n) is 20.9. The molecule has 0 unspecified atom stereocenters. The first kappa shape index (κ1) is 30.6. The summed E-state index contributed by atoms with van der Waals surface area (Å²) in [7, 11) is 2.38. The highest BCUT2D eigenvalue weighted by atomic mass is 35.5. The first-order chi connectivity index (χ1) is 18.8. The standard InChI is InChI=1S/C26H21Cl2F4N3O5/c1-35(25(38)22-18(28)4-3-5-19(22)29)23-20(40-13-26(30,31)32)11-15(12-34-23)16-10-14(6-7-17(16)27)24(37)33-9-8-21(36)39-2/h3-7,10-12H,8-9,13H2,1-2H3,(H,33,37). The minimum atomic E-state index is -4.73. The van der Waals surface area contributed by atoms with Crippen molar-refractivity contribution in [2.45, 2.75) is 12.6 Å². The second-order valence-electron chi connectivity index (χ2n) is 8.19. The number of rotatable bonds is 9. The first-order valence-electron chi connectivity index (χ1n) is 11.4. The number of ether oxygens (including phenoxy) is 2. The maximum Gasteiger partial charge on any atom is 0.422 e. The summed E-state index contributed by atoms with van der Waals surface area (Å²) in [4.78, 5) is 41.7. The van der Waals surface area contributed by atoms with Crippen molar-refractivity contribution in [3.05, 3.63) is 75.7 Å². The maximum absolute atomic E-state index is 14.3. The molecule has 40 heavy (non-hydrogen) atoms. The Morgan fingerprint density at radius 2 is 1.80 bits per heavy atom. The second kappa shape index (κ2) is 13.0. The highest BCUT2D eigenvalue weighted by molar-refractivity contribution is 6.34. The number of hydrogen-bond donors (Lipinski definition) is 1. The predicted molar refractivity (Wildman–Crippen MR) is 139 cm³/mol. The van der Waals surface area contributed by atoms with Gasteiger partial charge in [0.05, 0.1) is 24.1 Å². The third kappa shape index (κ3) is 7.60. The Hall–Kier alpha value is -3.90. The fourth-order valence-corrected chi connectivity index (χ4v) is 3.91. The van der Waals surface area contributed by atoms with Gasteiger partial charge >= 0.3 is 12.1 Å². The summed E-state index contributed by atoms with van der Waals surface area (Å²) in [6.45, 7) is -1.72. The number of nitrogens with one attached hydrogen (secondary N) is 1. The summed E-state index contributed by atoms with van der Waals surface area (Å²) in [5.74, 6) is -3.81. The molecule has 0 saturated heterocycles. The molecule has 0 atom stereocenters. The lowest BCUT2D eigenvalue weighted by atomic mass is 10.0. The fourth-order valence-electron chi connectivity index (χ4n) is 3.44. The normalized spacial score (nSPS) is 11.1. The van der Waals surface area contributed by atoms with Gasteiger partial charge in [-0.05, 0) is 36.4 Å². The second-order valence-corrected chi connectivity index (χ2v) is 9.00. The molecule has 0 saturated carbocycles. The van der Waals surface area contributed by atoms with Crippen LogP contribution in [0.2, 0.25) is 10.0 Å². The third-order valence-corrected chi connectivity index (χ3v) is 6.05. The van der Waals surface area contributed by atoms with Crippen LogP contribution in [0.3, 0.4) is 0 Å². The molecular weight excluding hydrogens is 581 g/mol. The molecule has 212 valence electrons. The smallest absolute Gasteiger partial charge is 0.422 e. The van der Waals surface area contributed by atoms with Gasteiger partial charge in [-0.3, -0.25) is 19.3 Å². The summed E-state index contributed by atoms with van der Waals surface area (Å²) >= 11 is 12.3. The van der Waals surface area contributed by atoms with Crippen LogP contribution in [0.5, 0.6) is 5.75 Å². The lowest BCUT2D eigenvalue weighted by Crippen LogP contribution is -2.29. The molecule has 2 amide bonds. The van der Waals surface area contributed by atoms with Crippen molar-refractivity contribution >= 4 is 46.8 Å². The number of carbonyl (C=O) groups excluding carboxylic acids is 3. The molecule has 3 aromatic rings. The van der Waals surface area contributed by atoms with E-state index in [0.717, 1.165) is 17.0 Å². The molecule has 3 rings (SSSR count). The molecule has 0 fully saturated rings. The zero-order valence-corrected chi connectivity index (χ0v) is 22.5. The quantitative estimate of drug-likeness (QED) is 0.249. The minimum Gasteiger partial charge on any atom is -0.480 e. The Bertz CT molecular complexity index is 1420. The van der Waals surface area contributed by atoms with Crippen LogP contribution < -0.4 is 15.0 Å². The van der Waals surface area contributed by atoms with Crippen molar-refractivity contribution in [1.29, 1.82) is 0 Å². The van der Waals surface area contributed by atoms with Crippen LogP contribution in [0, 0.1) is 5.82 Å². The molecule has 0 aliphatic carbocycles. The molecule has 0 spiro atoms. The van der Waals surface area contributed by atoms with Crippen LogP contribution >= 0.6 is 23.2 Å².